The van der Waals surface area contributed by atoms with Crippen LogP contribution in [0.4, 0.5) is 0 Å². The largest absolute Gasteiger partial charge is 0.331 e. The molecule has 1 amide bonds. The van der Waals surface area contributed by atoms with Crippen molar-refractivity contribution in [2.75, 3.05) is 6.54 Å². The lowest BCUT2D eigenvalue weighted by molar-refractivity contribution is -0.131. The van der Waals surface area contributed by atoms with E-state index in [1.165, 1.54) is 4.90 Å². The number of hydrogen-bond donors (Lipinski definition) is 1. The number of carbonyl (C=O) groups excluding carboxylic acids is 2. The van der Waals surface area contributed by atoms with E-state index < -0.39 is 6.04 Å². The van der Waals surface area contributed by atoms with Crippen molar-refractivity contribution in [3.8, 4) is 0 Å². The van der Waals surface area contributed by atoms with E-state index in [2.05, 4.69) is 0 Å². The lowest BCUT2D eigenvalue weighted by atomic mass is 10.2. The van der Waals surface area contributed by atoms with Gasteiger partial charge in [0.25, 0.3) is 0 Å². The second kappa shape index (κ2) is 3.67. The summed E-state index contributed by atoms with van der Waals surface area (Å²) in [5, 5.41) is 0. The standard InChI is InChI=1S/C8H13N2O2/c1-6(9)8(12)10-4-2-3-7(10)5-11/h6-7H,2-4,9H2,1H3/t6?,7-/m0/s1. The van der Waals surface area contributed by atoms with Gasteiger partial charge in [-0.2, -0.15) is 0 Å². The predicted octanol–water partition coefficient (Wildman–Crippen LogP) is -0.566. The average Bonchev–Trinajstić information content (AvgIpc) is 2.49. The van der Waals surface area contributed by atoms with Gasteiger partial charge >= 0.3 is 0 Å². The molecule has 1 radical (unpaired) electrons. The second-order valence-corrected chi connectivity index (χ2v) is 3.10. The normalized spacial score (nSPS) is 25.5. The third-order valence-corrected chi connectivity index (χ3v) is 2.06. The van der Waals surface area contributed by atoms with Crippen molar-refractivity contribution in [1.82, 2.24) is 4.90 Å². The molecule has 1 aliphatic rings. The molecule has 1 fully saturated rings. The Kier molecular flexibility index (Phi) is 2.81. The number of hydrogen-bond acceptors (Lipinski definition) is 3. The lowest BCUT2D eigenvalue weighted by Crippen LogP contribution is -2.45. The Labute approximate surface area is 71.7 Å². The molecule has 1 unspecified atom stereocenters. The Hall–Kier alpha value is -0.900. The molecule has 0 aliphatic carbocycles. The first kappa shape index (κ1) is 9.19. The second-order valence-electron chi connectivity index (χ2n) is 3.10. The third-order valence-electron chi connectivity index (χ3n) is 2.06. The van der Waals surface area contributed by atoms with Crippen LogP contribution in [0.1, 0.15) is 19.8 Å². The van der Waals surface area contributed by atoms with E-state index in [9.17, 15) is 9.59 Å². The van der Waals surface area contributed by atoms with Crippen LogP contribution in [0.15, 0.2) is 0 Å². The smallest absolute Gasteiger partial charge is 0.239 e. The molecule has 1 aliphatic heterocycles. The highest BCUT2D eigenvalue weighted by Gasteiger charge is 2.30. The molecule has 0 bridgehead atoms. The number of rotatable bonds is 2. The van der Waals surface area contributed by atoms with Crippen molar-refractivity contribution in [1.29, 1.82) is 0 Å². The van der Waals surface area contributed by atoms with Crippen LogP contribution in [0.5, 0.6) is 0 Å². The average molecular weight is 169 g/mol. The summed E-state index contributed by atoms with van der Waals surface area (Å²) >= 11 is 0. The highest BCUT2D eigenvalue weighted by atomic mass is 16.2. The molecule has 12 heavy (non-hydrogen) atoms. The zero-order chi connectivity index (χ0) is 9.14. The Balaban J connectivity index is 2.61. The molecule has 0 aromatic heterocycles. The lowest BCUT2D eigenvalue weighted by Gasteiger charge is -2.21. The van der Waals surface area contributed by atoms with Crippen molar-refractivity contribution in [2.45, 2.75) is 31.8 Å². The summed E-state index contributed by atoms with van der Waals surface area (Å²) in [4.78, 5) is 23.2. The molecular weight excluding hydrogens is 156 g/mol. The maximum Gasteiger partial charge on any atom is 0.239 e. The number of carbonyl (C=O) groups is 1. The number of likely N-dealkylation sites (tertiary alicyclic amines) is 1. The highest BCUT2D eigenvalue weighted by Crippen LogP contribution is 2.15. The van der Waals surface area contributed by atoms with Gasteiger partial charge in [-0.1, -0.05) is 0 Å². The van der Waals surface area contributed by atoms with Crippen LogP contribution in [0.2, 0.25) is 0 Å². The summed E-state index contributed by atoms with van der Waals surface area (Å²) in [6, 6.07) is -0.873. The van der Waals surface area contributed by atoms with Gasteiger partial charge in [-0.3, -0.25) is 9.59 Å². The first-order chi connectivity index (χ1) is 5.66. The van der Waals surface area contributed by atoms with E-state index in [0.29, 0.717) is 6.54 Å². The zero-order valence-electron chi connectivity index (χ0n) is 7.12. The van der Waals surface area contributed by atoms with Crippen LogP contribution in [0.25, 0.3) is 0 Å². The summed E-state index contributed by atoms with van der Waals surface area (Å²) in [7, 11) is 0. The number of amides is 1. The molecule has 4 heteroatoms. The van der Waals surface area contributed by atoms with Crippen LogP contribution in [-0.2, 0) is 9.59 Å². The van der Waals surface area contributed by atoms with Crippen molar-refractivity contribution in [3.05, 3.63) is 0 Å². The quantitative estimate of drug-likeness (QED) is 0.602. The molecule has 67 valence electrons. The summed E-state index contributed by atoms with van der Waals surface area (Å²) in [6.45, 7) is 2.27. The molecule has 2 atom stereocenters. The van der Waals surface area contributed by atoms with Gasteiger partial charge in [0, 0.05) is 6.54 Å². The molecule has 0 aromatic rings. The van der Waals surface area contributed by atoms with E-state index in [1.807, 2.05) is 6.29 Å². The minimum atomic E-state index is -0.515. The van der Waals surface area contributed by atoms with Crippen molar-refractivity contribution < 1.29 is 9.59 Å². The molecule has 0 aromatic carbocycles. The fourth-order valence-corrected chi connectivity index (χ4v) is 1.41. The summed E-state index contributed by atoms with van der Waals surface area (Å²) in [5.74, 6) is -0.152. The molecule has 0 spiro atoms. The minimum Gasteiger partial charge on any atom is -0.331 e. The van der Waals surface area contributed by atoms with Gasteiger partial charge in [0.05, 0.1) is 12.1 Å². The molecule has 1 rings (SSSR count). The first-order valence-corrected chi connectivity index (χ1v) is 4.10. The molecule has 1 heterocycles. The maximum atomic E-state index is 11.3. The predicted molar refractivity (Wildman–Crippen MR) is 44.1 cm³/mol. The minimum absolute atomic E-state index is 0.152. The third kappa shape index (κ3) is 1.64. The van der Waals surface area contributed by atoms with Gasteiger partial charge in [0.15, 0.2) is 0 Å². The molecule has 1 saturated heterocycles. The number of nitrogens with zero attached hydrogens (tertiary/aromatic N) is 1. The van der Waals surface area contributed by atoms with Crippen LogP contribution >= 0.6 is 0 Å². The highest BCUT2D eigenvalue weighted by molar-refractivity contribution is 5.84. The molecule has 4 nitrogen and oxygen atoms in total. The molecule has 0 saturated carbocycles. The molecular formula is C8H13N2O2. The van der Waals surface area contributed by atoms with Crippen LogP contribution in [0.3, 0.4) is 0 Å². The van der Waals surface area contributed by atoms with Crippen LogP contribution in [0, 0.1) is 0 Å². The van der Waals surface area contributed by atoms with Gasteiger partial charge in [-0.05, 0) is 19.8 Å². The van der Waals surface area contributed by atoms with Crippen LogP contribution in [-0.4, -0.2) is 35.7 Å². The number of nitrogens with two attached hydrogens (primary N) is 1. The Morgan fingerprint density at radius 1 is 1.75 bits per heavy atom. The van der Waals surface area contributed by atoms with Gasteiger partial charge in [0.2, 0.25) is 12.2 Å². The van der Waals surface area contributed by atoms with Crippen molar-refractivity contribution in [2.24, 2.45) is 5.73 Å². The van der Waals surface area contributed by atoms with Crippen molar-refractivity contribution in [3.63, 3.8) is 0 Å². The fourth-order valence-electron chi connectivity index (χ4n) is 1.41. The van der Waals surface area contributed by atoms with Gasteiger partial charge in [-0.15, -0.1) is 0 Å². The van der Waals surface area contributed by atoms with Gasteiger partial charge < -0.3 is 10.6 Å². The fraction of sp³-hybridized carbons (Fsp3) is 0.750. The Bertz CT molecular complexity index is 191. The summed E-state index contributed by atoms with van der Waals surface area (Å²) < 4.78 is 0. The van der Waals surface area contributed by atoms with E-state index in [-0.39, 0.29) is 11.9 Å². The SMILES string of the molecule is CC(N)C(=O)N1CCC[C@H]1[C]=O. The van der Waals surface area contributed by atoms with E-state index in [4.69, 9.17) is 5.73 Å². The maximum absolute atomic E-state index is 11.3. The van der Waals surface area contributed by atoms with E-state index in [1.54, 1.807) is 6.92 Å². The Morgan fingerprint density at radius 3 is 2.92 bits per heavy atom. The molecule has 2 N–H and O–H groups in total. The van der Waals surface area contributed by atoms with E-state index in [0.717, 1.165) is 12.8 Å². The summed E-state index contributed by atoms with van der Waals surface area (Å²) in [6.07, 6.45) is 3.45. The monoisotopic (exact) mass is 169 g/mol. The Morgan fingerprint density at radius 2 is 2.42 bits per heavy atom. The zero-order valence-corrected chi connectivity index (χ0v) is 7.12. The summed E-state index contributed by atoms with van der Waals surface area (Å²) in [5.41, 5.74) is 5.41. The first-order valence-electron chi connectivity index (χ1n) is 4.10. The van der Waals surface area contributed by atoms with Crippen LogP contribution < -0.4 is 5.73 Å². The van der Waals surface area contributed by atoms with Crippen molar-refractivity contribution >= 4 is 12.2 Å². The topological polar surface area (TPSA) is 63.4 Å². The van der Waals surface area contributed by atoms with Gasteiger partial charge in [-0.25, -0.2) is 0 Å². The van der Waals surface area contributed by atoms with E-state index >= 15 is 0 Å². The van der Waals surface area contributed by atoms with Gasteiger partial charge in [0.1, 0.15) is 0 Å².